The SMILES string of the molecule is C=C.CCCCc1ccc(C(C)=O)cc1C.CCc1cncnc1. The molecule has 1 aromatic heterocycles. The molecule has 0 aliphatic heterocycles. The number of benzene rings is 1. The summed E-state index contributed by atoms with van der Waals surface area (Å²) in [5.41, 5.74) is 4.62. The highest BCUT2D eigenvalue weighted by molar-refractivity contribution is 5.94. The smallest absolute Gasteiger partial charge is 0.159 e. The number of aryl methyl sites for hydroxylation is 3. The normalized spacial score (nSPS) is 9.17. The van der Waals surface area contributed by atoms with Crippen LogP contribution in [-0.2, 0) is 12.8 Å². The molecular formula is C21H30N2O. The zero-order chi connectivity index (χ0) is 18.4. The molecule has 0 aliphatic carbocycles. The first-order valence-corrected chi connectivity index (χ1v) is 8.42. The van der Waals surface area contributed by atoms with Crippen molar-refractivity contribution in [1.82, 2.24) is 9.97 Å². The van der Waals surface area contributed by atoms with Gasteiger partial charge in [-0.05, 0) is 55.9 Å². The van der Waals surface area contributed by atoms with E-state index in [0.29, 0.717) is 0 Å². The fourth-order valence-corrected chi connectivity index (χ4v) is 2.08. The van der Waals surface area contributed by atoms with Crippen LogP contribution in [0.15, 0.2) is 50.1 Å². The van der Waals surface area contributed by atoms with Crippen molar-refractivity contribution in [2.45, 2.75) is 53.4 Å². The minimum atomic E-state index is 0.148. The molecule has 0 aliphatic rings. The number of hydrogen-bond acceptors (Lipinski definition) is 3. The van der Waals surface area contributed by atoms with E-state index in [1.165, 1.54) is 29.5 Å². The van der Waals surface area contributed by atoms with Crippen LogP contribution in [0.1, 0.15) is 60.7 Å². The van der Waals surface area contributed by atoms with Crippen LogP contribution in [-0.4, -0.2) is 15.8 Å². The molecule has 1 heterocycles. The summed E-state index contributed by atoms with van der Waals surface area (Å²) in [5, 5.41) is 0. The van der Waals surface area contributed by atoms with E-state index in [1.54, 1.807) is 13.3 Å². The Bertz CT molecular complexity index is 594. The Balaban J connectivity index is 0.000000447. The average molecular weight is 326 g/mol. The van der Waals surface area contributed by atoms with E-state index in [2.05, 4.69) is 50.0 Å². The number of Topliss-reactive ketones (excluding diaryl/α,β-unsaturated/α-hetero) is 1. The Kier molecular flexibility index (Phi) is 11.9. The standard InChI is InChI=1S/C13H18O.C6H8N2.C2H4/c1-4-5-6-12-7-8-13(11(3)14)9-10(12)2;1-2-6-3-7-5-8-4-6;1-2/h7-9H,4-6H2,1-3H3;3-5H,2H2,1H3;1-2H2. The van der Waals surface area contributed by atoms with Gasteiger partial charge in [-0.15, -0.1) is 13.2 Å². The number of ketones is 1. The fraction of sp³-hybridized carbons (Fsp3) is 0.381. The van der Waals surface area contributed by atoms with Crippen molar-refractivity contribution in [3.05, 3.63) is 72.3 Å². The van der Waals surface area contributed by atoms with Crippen molar-refractivity contribution < 1.29 is 4.79 Å². The van der Waals surface area contributed by atoms with E-state index in [9.17, 15) is 4.79 Å². The monoisotopic (exact) mass is 326 g/mol. The quantitative estimate of drug-likeness (QED) is 0.547. The number of carbonyl (C=O) groups excluding carboxylic acids is 1. The second-order valence-corrected chi connectivity index (χ2v) is 5.40. The highest BCUT2D eigenvalue weighted by Crippen LogP contribution is 2.14. The van der Waals surface area contributed by atoms with Crippen LogP contribution in [0.2, 0.25) is 0 Å². The molecule has 2 rings (SSSR count). The Hall–Kier alpha value is -2.29. The first-order chi connectivity index (χ1) is 11.6. The van der Waals surface area contributed by atoms with Crippen molar-refractivity contribution in [1.29, 1.82) is 0 Å². The minimum Gasteiger partial charge on any atom is -0.295 e. The lowest BCUT2D eigenvalue weighted by Crippen LogP contribution is -1.96. The number of rotatable bonds is 5. The minimum absolute atomic E-state index is 0.148. The summed E-state index contributed by atoms with van der Waals surface area (Å²) in [4.78, 5) is 18.8. The van der Waals surface area contributed by atoms with Gasteiger partial charge in [-0.1, -0.05) is 32.4 Å². The van der Waals surface area contributed by atoms with Gasteiger partial charge in [0.1, 0.15) is 6.33 Å². The Morgan fingerprint density at radius 1 is 1.12 bits per heavy atom. The molecule has 0 fully saturated rings. The first-order valence-electron chi connectivity index (χ1n) is 8.42. The summed E-state index contributed by atoms with van der Waals surface area (Å²) in [5.74, 6) is 0.148. The lowest BCUT2D eigenvalue weighted by Gasteiger charge is -2.06. The molecule has 3 heteroatoms. The maximum Gasteiger partial charge on any atom is 0.159 e. The van der Waals surface area contributed by atoms with Crippen molar-refractivity contribution in [2.75, 3.05) is 0 Å². The highest BCUT2D eigenvalue weighted by atomic mass is 16.1. The summed E-state index contributed by atoms with van der Waals surface area (Å²) in [6.45, 7) is 14.0. The zero-order valence-corrected chi connectivity index (χ0v) is 15.5. The molecule has 24 heavy (non-hydrogen) atoms. The number of unbranched alkanes of at least 4 members (excludes halogenated alkanes) is 1. The molecule has 0 spiro atoms. The van der Waals surface area contributed by atoms with E-state index in [0.717, 1.165) is 18.4 Å². The summed E-state index contributed by atoms with van der Waals surface area (Å²) in [6.07, 6.45) is 9.77. The molecule has 0 unspecified atom stereocenters. The Labute approximate surface area is 146 Å². The van der Waals surface area contributed by atoms with Gasteiger partial charge in [0.15, 0.2) is 5.78 Å². The van der Waals surface area contributed by atoms with Gasteiger partial charge in [0.25, 0.3) is 0 Å². The lowest BCUT2D eigenvalue weighted by molar-refractivity contribution is 0.101. The van der Waals surface area contributed by atoms with Crippen LogP contribution < -0.4 is 0 Å². The topological polar surface area (TPSA) is 42.9 Å². The van der Waals surface area contributed by atoms with Gasteiger partial charge in [0.05, 0.1) is 0 Å². The van der Waals surface area contributed by atoms with Crippen LogP contribution >= 0.6 is 0 Å². The molecule has 3 nitrogen and oxygen atoms in total. The van der Waals surface area contributed by atoms with Gasteiger partial charge in [0.2, 0.25) is 0 Å². The first kappa shape index (κ1) is 21.7. The van der Waals surface area contributed by atoms with E-state index in [-0.39, 0.29) is 5.78 Å². The van der Waals surface area contributed by atoms with Crippen LogP contribution in [0.3, 0.4) is 0 Å². The highest BCUT2D eigenvalue weighted by Gasteiger charge is 2.02. The second kappa shape index (κ2) is 13.2. The van der Waals surface area contributed by atoms with Gasteiger partial charge < -0.3 is 0 Å². The molecule has 0 amide bonds. The molecular weight excluding hydrogens is 296 g/mol. The zero-order valence-electron chi connectivity index (χ0n) is 15.5. The molecule has 1 aromatic carbocycles. The van der Waals surface area contributed by atoms with Gasteiger partial charge >= 0.3 is 0 Å². The number of nitrogens with zero attached hydrogens (tertiary/aromatic N) is 2. The van der Waals surface area contributed by atoms with Crippen molar-refractivity contribution in [3.8, 4) is 0 Å². The lowest BCUT2D eigenvalue weighted by atomic mass is 9.99. The largest absolute Gasteiger partial charge is 0.295 e. The number of aromatic nitrogens is 2. The predicted molar refractivity (Wildman–Crippen MR) is 102 cm³/mol. The third-order valence-corrected chi connectivity index (χ3v) is 3.57. The Morgan fingerprint density at radius 2 is 1.75 bits per heavy atom. The van der Waals surface area contributed by atoms with Crippen LogP contribution in [0.5, 0.6) is 0 Å². The third-order valence-electron chi connectivity index (χ3n) is 3.57. The summed E-state index contributed by atoms with van der Waals surface area (Å²) in [7, 11) is 0. The van der Waals surface area contributed by atoms with Crippen LogP contribution in [0.4, 0.5) is 0 Å². The van der Waals surface area contributed by atoms with Crippen molar-refractivity contribution in [3.63, 3.8) is 0 Å². The maximum absolute atomic E-state index is 11.1. The van der Waals surface area contributed by atoms with E-state index in [4.69, 9.17) is 0 Å². The molecule has 0 radical (unpaired) electrons. The molecule has 0 N–H and O–H groups in total. The molecule has 0 bridgehead atoms. The maximum atomic E-state index is 11.1. The molecule has 130 valence electrons. The molecule has 0 saturated carbocycles. The van der Waals surface area contributed by atoms with E-state index in [1.807, 2.05) is 24.5 Å². The number of hydrogen-bond donors (Lipinski definition) is 0. The molecule has 0 atom stereocenters. The van der Waals surface area contributed by atoms with Crippen LogP contribution in [0, 0.1) is 6.92 Å². The van der Waals surface area contributed by atoms with E-state index >= 15 is 0 Å². The number of carbonyl (C=O) groups is 1. The Morgan fingerprint density at radius 3 is 2.17 bits per heavy atom. The average Bonchev–Trinajstić information content (AvgIpc) is 2.63. The van der Waals surface area contributed by atoms with Gasteiger partial charge in [-0.2, -0.15) is 0 Å². The summed E-state index contributed by atoms with van der Waals surface area (Å²) >= 11 is 0. The summed E-state index contributed by atoms with van der Waals surface area (Å²) in [6, 6.07) is 6.01. The van der Waals surface area contributed by atoms with Gasteiger partial charge in [0, 0.05) is 18.0 Å². The summed E-state index contributed by atoms with van der Waals surface area (Å²) < 4.78 is 0. The van der Waals surface area contributed by atoms with Gasteiger partial charge in [-0.25, -0.2) is 9.97 Å². The molecule has 0 saturated heterocycles. The predicted octanol–water partition coefficient (Wildman–Crippen LogP) is 5.38. The molecule has 2 aromatic rings. The third kappa shape index (κ3) is 8.37. The van der Waals surface area contributed by atoms with Gasteiger partial charge in [-0.3, -0.25) is 4.79 Å². The van der Waals surface area contributed by atoms with E-state index < -0.39 is 0 Å². The van der Waals surface area contributed by atoms with Crippen LogP contribution in [0.25, 0.3) is 0 Å². The second-order valence-electron chi connectivity index (χ2n) is 5.40. The van der Waals surface area contributed by atoms with Crippen molar-refractivity contribution >= 4 is 5.78 Å². The fourth-order valence-electron chi connectivity index (χ4n) is 2.08. The van der Waals surface area contributed by atoms with Crippen molar-refractivity contribution in [2.24, 2.45) is 0 Å².